The molecule has 0 bridgehead atoms. The van der Waals surface area contributed by atoms with Crippen molar-refractivity contribution in [2.24, 2.45) is 0 Å². The van der Waals surface area contributed by atoms with Crippen molar-refractivity contribution in [1.29, 1.82) is 0 Å². The second kappa shape index (κ2) is 2.67. The molecule has 0 saturated heterocycles. The summed E-state index contributed by atoms with van der Waals surface area (Å²) in [4.78, 5) is 2.61. The molecule has 0 aliphatic heterocycles. The van der Waals surface area contributed by atoms with E-state index in [4.69, 9.17) is 4.42 Å². The summed E-state index contributed by atoms with van der Waals surface area (Å²) in [5.74, 6) is 0.652. The minimum atomic E-state index is 0.652. The Morgan fingerprint density at radius 1 is 1.38 bits per heavy atom. The number of aryl methyl sites for hydroxylation is 2. The van der Waals surface area contributed by atoms with Crippen LogP contribution in [0.2, 0.25) is 0 Å². The quantitative estimate of drug-likeness (QED) is 0.695. The molecule has 3 nitrogen and oxygen atoms in total. The predicted molar refractivity (Wildman–Crippen MR) is 49.6 cm³/mol. The minimum absolute atomic E-state index is 0.652. The number of nitrogens with zero attached hydrogens (tertiary/aromatic N) is 2. The summed E-state index contributed by atoms with van der Waals surface area (Å²) in [5.41, 5.74) is 1.47. The highest BCUT2D eigenvalue weighted by Gasteiger charge is 2.17. The van der Waals surface area contributed by atoms with Crippen LogP contribution in [0.4, 0.5) is 0 Å². The highest BCUT2D eigenvalue weighted by Crippen LogP contribution is 2.35. The first-order valence-electron chi connectivity index (χ1n) is 4.31. The van der Waals surface area contributed by atoms with Gasteiger partial charge in [0.1, 0.15) is 0 Å². The predicted octanol–water partition coefficient (Wildman–Crippen LogP) is 2.29. The van der Waals surface area contributed by atoms with Crippen LogP contribution in [0, 0.1) is 0 Å². The Hall–Kier alpha value is -1.16. The Morgan fingerprint density at radius 3 is 3.15 bits per heavy atom. The molecule has 0 unspecified atom stereocenters. The van der Waals surface area contributed by atoms with Crippen LogP contribution in [0.3, 0.4) is 0 Å². The van der Waals surface area contributed by atoms with Gasteiger partial charge in [-0.25, -0.2) is 0 Å². The summed E-state index contributed by atoms with van der Waals surface area (Å²) in [6, 6.07) is 2.18. The minimum Gasteiger partial charge on any atom is -0.423 e. The lowest BCUT2D eigenvalue weighted by molar-refractivity contribution is 0.570. The van der Waals surface area contributed by atoms with Crippen molar-refractivity contribution < 1.29 is 4.42 Å². The van der Waals surface area contributed by atoms with E-state index in [1.54, 1.807) is 11.3 Å². The molecule has 0 saturated carbocycles. The third-order valence-electron chi connectivity index (χ3n) is 2.32. The molecular weight excluding hydrogens is 184 g/mol. The Bertz CT molecular complexity index is 397. The average molecular weight is 192 g/mol. The lowest BCUT2D eigenvalue weighted by Crippen LogP contribution is -1.73. The Morgan fingerprint density at radius 2 is 2.38 bits per heavy atom. The monoisotopic (exact) mass is 192 g/mol. The van der Waals surface area contributed by atoms with Gasteiger partial charge in [-0.3, -0.25) is 0 Å². The van der Waals surface area contributed by atoms with Crippen molar-refractivity contribution in [3.05, 3.63) is 22.9 Å². The maximum atomic E-state index is 5.14. The van der Waals surface area contributed by atoms with Gasteiger partial charge >= 0.3 is 0 Å². The first-order valence-corrected chi connectivity index (χ1v) is 5.13. The highest BCUT2D eigenvalue weighted by atomic mass is 32.1. The van der Waals surface area contributed by atoms with E-state index in [0.717, 1.165) is 4.88 Å². The zero-order chi connectivity index (χ0) is 8.67. The van der Waals surface area contributed by atoms with Crippen LogP contribution >= 0.6 is 11.3 Å². The highest BCUT2D eigenvalue weighted by molar-refractivity contribution is 7.15. The van der Waals surface area contributed by atoms with E-state index in [2.05, 4.69) is 16.3 Å². The molecule has 0 spiro atoms. The summed E-state index contributed by atoms with van der Waals surface area (Å²) in [6.07, 6.45) is 5.10. The molecule has 66 valence electrons. The number of hydrogen-bond acceptors (Lipinski definition) is 4. The molecule has 4 heteroatoms. The summed E-state index contributed by atoms with van der Waals surface area (Å²) in [7, 11) is 0. The molecular formula is C9H8N2OS. The molecule has 0 N–H and O–H groups in total. The lowest BCUT2D eigenvalue weighted by atomic mass is 10.2. The van der Waals surface area contributed by atoms with Gasteiger partial charge in [-0.1, -0.05) is 0 Å². The van der Waals surface area contributed by atoms with Crippen LogP contribution in [0.25, 0.3) is 10.8 Å². The second-order valence-electron chi connectivity index (χ2n) is 3.16. The van der Waals surface area contributed by atoms with E-state index in [1.807, 2.05) is 0 Å². The number of rotatable bonds is 1. The third kappa shape index (κ3) is 1.09. The number of thiophene rings is 1. The first kappa shape index (κ1) is 7.26. The van der Waals surface area contributed by atoms with Crippen LogP contribution < -0.4 is 0 Å². The zero-order valence-electron chi connectivity index (χ0n) is 6.99. The fourth-order valence-corrected chi connectivity index (χ4v) is 2.90. The van der Waals surface area contributed by atoms with E-state index in [9.17, 15) is 0 Å². The maximum absolute atomic E-state index is 5.14. The van der Waals surface area contributed by atoms with Crippen LogP contribution in [0.15, 0.2) is 16.9 Å². The standard InChI is InChI=1S/C9H8N2OS/c1-2-6-4-8(13-7(6)3-1)9-11-10-5-12-9/h4-5H,1-3H2. The van der Waals surface area contributed by atoms with E-state index < -0.39 is 0 Å². The summed E-state index contributed by atoms with van der Waals surface area (Å²) >= 11 is 1.78. The summed E-state index contributed by atoms with van der Waals surface area (Å²) in [6.45, 7) is 0. The van der Waals surface area contributed by atoms with Crippen LogP contribution in [0.5, 0.6) is 0 Å². The van der Waals surface area contributed by atoms with Gasteiger partial charge in [-0.05, 0) is 30.9 Å². The lowest BCUT2D eigenvalue weighted by Gasteiger charge is -1.86. The molecule has 13 heavy (non-hydrogen) atoms. The smallest absolute Gasteiger partial charge is 0.257 e. The first-order chi connectivity index (χ1) is 6.43. The van der Waals surface area contributed by atoms with Crippen molar-refractivity contribution >= 4 is 11.3 Å². The Labute approximate surface area is 79.4 Å². The Kier molecular flexibility index (Phi) is 1.49. The van der Waals surface area contributed by atoms with E-state index >= 15 is 0 Å². The summed E-state index contributed by atoms with van der Waals surface area (Å²) in [5, 5.41) is 7.56. The largest absolute Gasteiger partial charge is 0.423 e. The van der Waals surface area contributed by atoms with Crippen molar-refractivity contribution in [2.45, 2.75) is 19.3 Å². The van der Waals surface area contributed by atoms with Gasteiger partial charge in [-0.15, -0.1) is 21.5 Å². The fraction of sp³-hybridized carbons (Fsp3) is 0.333. The molecule has 3 rings (SSSR count). The Balaban J connectivity index is 2.08. The number of fused-ring (bicyclic) bond motifs is 1. The molecule has 2 aromatic rings. The van der Waals surface area contributed by atoms with Crippen molar-refractivity contribution in [3.8, 4) is 10.8 Å². The number of aromatic nitrogens is 2. The van der Waals surface area contributed by atoms with Gasteiger partial charge in [0.25, 0.3) is 5.89 Å². The average Bonchev–Trinajstić information content (AvgIpc) is 2.78. The molecule has 0 fully saturated rings. The van der Waals surface area contributed by atoms with Gasteiger partial charge in [0.05, 0.1) is 4.88 Å². The molecule has 0 amide bonds. The molecule has 2 aromatic heterocycles. The maximum Gasteiger partial charge on any atom is 0.257 e. The van der Waals surface area contributed by atoms with E-state index in [0.29, 0.717) is 5.89 Å². The van der Waals surface area contributed by atoms with Gasteiger partial charge in [0.2, 0.25) is 6.39 Å². The third-order valence-corrected chi connectivity index (χ3v) is 3.54. The van der Waals surface area contributed by atoms with Crippen LogP contribution in [-0.2, 0) is 12.8 Å². The van der Waals surface area contributed by atoms with Gasteiger partial charge < -0.3 is 4.42 Å². The van der Waals surface area contributed by atoms with Gasteiger partial charge in [-0.2, -0.15) is 0 Å². The van der Waals surface area contributed by atoms with Gasteiger partial charge in [0.15, 0.2) is 0 Å². The second-order valence-corrected chi connectivity index (χ2v) is 4.29. The molecule has 1 aliphatic carbocycles. The van der Waals surface area contributed by atoms with Crippen molar-refractivity contribution in [1.82, 2.24) is 10.2 Å². The van der Waals surface area contributed by atoms with Crippen molar-refractivity contribution in [2.75, 3.05) is 0 Å². The van der Waals surface area contributed by atoms with Crippen LogP contribution in [-0.4, -0.2) is 10.2 Å². The molecule has 0 aromatic carbocycles. The SMILES string of the molecule is c1nnc(-c2cc3c(s2)CCC3)o1. The molecule has 1 aliphatic rings. The fourth-order valence-electron chi connectivity index (χ4n) is 1.71. The van der Waals surface area contributed by atoms with Gasteiger partial charge in [0, 0.05) is 4.88 Å². The molecule has 0 atom stereocenters. The van der Waals surface area contributed by atoms with E-state index in [1.165, 1.54) is 36.1 Å². The van der Waals surface area contributed by atoms with E-state index in [-0.39, 0.29) is 0 Å². The number of hydrogen-bond donors (Lipinski definition) is 0. The zero-order valence-corrected chi connectivity index (χ0v) is 7.80. The van der Waals surface area contributed by atoms with Crippen LogP contribution in [0.1, 0.15) is 16.9 Å². The normalized spacial score (nSPS) is 14.8. The molecule has 0 radical (unpaired) electrons. The topological polar surface area (TPSA) is 38.9 Å². The molecule has 2 heterocycles. The summed E-state index contributed by atoms with van der Waals surface area (Å²) < 4.78 is 5.14. The van der Waals surface area contributed by atoms with Crippen molar-refractivity contribution in [3.63, 3.8) is 0 Å².